The van der Waals surface area contributed by atoms with E-state index in [4.69, 9.17) is 23.9 Å². The van der Waals surface area contributed by atoms with Crippen molar-refractivity contribution >= 4 is 28.0 Å². The monoisotopic (exact) mass is 491 g/mol. The zero-order chi connectivity index (χ0) is 24.9. The first-order valence-electron chi connectivity index (χ1n) is 12.4. The van der Waals surface area contributed by atoms with E-state index in [0.717, 1.165) is 71.5 Å². The molecule has 1 saturated heterocycles. The number of hydrogen-bond acceptors (Lipinski definition) is 8. The van der Waals surface area contributed by atoms with Gasteiger partial charge < -0.3 is 24.1 Å². The summed E-state index contributed by atoms with van der Waals surface area (Å²) in [5, 5.41) is 3.53. The van der Waals surface area contributed by atoms with Crippen LogP contribution in [0.25, 0.3) is 33.4 Å². The highest BCUT2D eigenvalue weighted by Gasteiger charge is 2.45. The summed E-state index contributed by atoms with van der Waals surface area (Å²) in [6, 6.07) is 10.2. The van der Waals surface area contributed by atoms with Gasteiger partial charge in [0, 0.05) is 49.8 Å². The quantitative estimate of drug-likeness (QED) is 0.355. The standard InChI is InChI=1S/C27H30FN5O3/c1-16-25-23(36-17(2)29-25)12-19(26(16)35-15-34-3)20-4-5-22-21(30-20)6-7-24(31-22)33-11-8-18(13-33)32-27(14-28)9-10-27/h4-7,12,18,32H,8-11,13-15H2,1-3H3/t18-/m1/s1. The molecular formula is C27H30FN5O3. The zero-order valence-electron chi connectivity index (χ0n) is 20.8. The summed E-state index contributed by atoms with van der Waals surface area (Å²) in [5.74, 6) is 2.19. The zero-order valence-corrected chi connectivity index (χ0v) is 20.8. The lowest BCUT2D eigenvalue weighted by Crippen LogP contribution is -2.43. The maximum Gasteiger partial charge on any atom is 0.192 e. The van der Waals surface area contributed by atoms with Crippen molar-refractivity contribution in [3.05, 3.63) is 41.8 Å². The summed E-state index contributed by atoms with van der Waals surface area (Å²) >= 11 is 0. The summed E-state index contributed by atoms with van der Waals surface area (Å²) < 4.78 is 30.2. The van der Waals surface area contributed by atoms with Gasteiger partial charge in [-0.25, -0.2) is 19.3 Å². The van der Waals surface area contributed by atoms with E-state index < -0.39 is 0 Å². The average Bonchev–Trinajstić information content (AvgIpc) is 3.32. The second-order valence-corrected chi connectivity index (χ2v) is 9.90. The Labute approximate surface area is 208 Å². The van der Waals surface area contributed by atoms with Gasteiger partial charge in [-0.3, -0.25) is 0 Å². The van der Waals surface area contributed by atoms with E-state index in [0.29, 0.717) is 23.3 Å². The highest BCUT2D eigenvalue weighted by atomic mass is 19.1. The molecule has 8 nitrogen and oxygen atoms in total. The molecule has 1 aromatic carbocycles. The first kappa shape index (κ1) is 23.1. The van der Waals surface area contributed by atoms with Gasteiger partial charge in [-0.1, -0.05) is 0 Å². The number of nitrogens with one attached hydrogen (secondary N) is 1. The Hall–Kier alpha value is -3.30. The van der Waals surface area contributed by atoms with E-state index in [1.165, 1.54) is 0 Å². The summed E-state index contributed by atoms with van der Waals surface area (Å²) in [6.45, 7) is 5.36. The van der Waals surface area contributed by atoms with Crippen LogP contribution in [0.4, 0.5) is 10.2 Å². The molecule has 6 rings (SSSR count). The molecule has 36 heavy (non-hydrogen) atoms. The number of aryl methyl sites for hydroxylation is 2. The van der Waals surface area contributed by atoms with Gasteiger partial charge in [0.05, 0.1) is 16.7 Å². The van der Waals surface area contributed by atoms with Gasteiger partial charge in [0.25, 0.3) is 0 Å². The Bertz CT molecular complexity index is 1430. The number of nitrogens with zero attached hydrogens (tertiary/aromatic N) is 4. The third kappa shape index (κ3) is 4.16. The van der Waals surface area contributed by atoms with Crippen molar-refractivity contribution in [2.24, 2.45) is 0 Å². The van der Waals surface area contributed by atoms with Gasteiger partial charge in [-0.05, 0) is 56.5 Å². The Morgan fingerprint density at radius 2 is 1.94 bits per heavy atom. The lowest BCUT2D eigenvalue weighted by molar-refractivity contribution is 0.0511. The van der Waals surface area contributed by atoms with E-state index in [9.17, 15) is 4.39 Å². The van der Waals surface area contributed by atoms with Crippen LogP contribution in [0.5, 0.6) is 5.75 Å². The Kier molecular flexibility index (Phi) is 5.76. The number of methoxy groups -OCH3 is 1. The Morgan fingerprint density at radius 3 is 2.72 bits per heavy atom. The maximum absolute atomic E-state index is 13.3. The molecule has 1 saturated carbocycles. The SMILES string of the molecule is COCOc1c(-c2ccc3nc(N4CC[C@@H](NC5(CF)CC5)C4)ccc3n2)cc2oc(C)nc2c1C. The van der Waals surface area contributed by atoms with Gasteiger partial charge in [0.1, 0.15) is 23.8 Å². The fourth-order valence-electron chi connectivity index (χ4n) is 5.12. The third-order valence-electron chi connectivity index (χ3n) is 7.23. The van der Waals surface area contributed by atoms with Crippen molar-refractivity contribution in [3.63, 3.8) is 0 Å². The largest absolute Gasteiger partial charge is 0.466 e. The molecular weight excluding hydrogens is 461 g/mol. The highest BCUT2D eigenvalue weighted by Crippen LogP contribution is 2.39. The molecule has 0 spiro atoms. The predicted octanol–water partition coefficient (Wildman–Crippen LogP) is 4.71. The smallest absolute Gasteiger partial charge is 0.192 e. The number of halogens is 1. The summed E-state index contributed by atoms with van der Waals surface area (Å²) in [7, 11) is 1.59. The number of fused-ring (bicyclic) bond motifs is 2. The molecule has 0 amide bonds. The van der Waals surface area contributed by atoms with Crippen LogP contribution in [-0.4, -0.2) is 60.2 Å². The number of aromatic nitrogens is 3. The van der Waals surface area contributed by atoms with Gasteiger partial charge in [-0.15, -0.1) is 0 Å². The lowest BCUT2D eigenvalue weighted by Gasteiger charge is -2.21. The number of oxazole rings is 1. The van der Waals surface area contributed by atoms with Crippen LogP contribution in [0.2, 0.25) is 0 Å². The normalized spacial score (nSPS) is 18.9. The van der Waals surface area contributed by atoms with Crippen LogP contribution >= 0.6 is 0 Å². The molecule has 2 aliphatic rings. The van der Waals surface area contributed by atoms with Gasteiger partial charge in [-0.2, -0.15) is 0 Å². The number of benzene rings is 1. The second kappa shape index (κ2) is 8.97. The summed E-state index contributed by atoms with van der Waals surface area (Å²) in [5.41, 5.74) is 5.26. The molecule has 4 aromatic rings. The molecule has 1 N–H and O–H groups in total. The van der Waals surface area contributed by atoms with E-state index >= 15 is 0 Å². The first-order chi connectivity index (χ1) is 17.5. The van der Waals surface area contributed by atoms with Crippen molar-refractivity contribution < 1.29 is 18.3 Å². The molecule has 9 heteroatoms. The van der Waals surface area contributed by atoms with Crippen LogP contribution in [0, 0.1) is 13.8 Å². The van der Waals surface area contributed by atoms with E-state index in [1.54, 1.807) is 7.11 Å². The average molecular weight is 492 g/mol. The number of pyridine rings is 2. The number of anilines is 1. The molecule has 0 bridgehead atoms. The molecule has 0 radical (unpaired) electrons. The minimum atomic E-state index is -0.285. The van der Waals surface area contributed by atoms with Gasteiger partial charge >= 0.3 is 0 Å². The molecule has 3 aromatic heterocycles. The topological polar surface area (TPSA) is 85.5 Å². The molecule has 0 unspecified atom stereocenters. The molecule has 1 aliphatic carbocycles. The summed E-state index contributed by atoms with van der Waals surface area (Å²) in [4.78, 5) is 16.5. The van der Waals surface area contributed by atoms with Crippen LogP contribution in [-0.2, 0) is 4.74 Å². The van der Waals surface area contributed by atoms with Crippen molar-refractivity contribution in [1.29, 1.82) is 0 Å². The van der Waals surface area contributed by atoms with E-state index in [2.05, 4.69) is 15.2 Å². The summed E-state index contributed by atoms with van der Waals surface area (Å²) in [6.07, 6.45) is 2.86. The predicted molar refractivity (Wildman–Crippen MR) is 136 cm³/mol. The minimum Gasteiger partial charge on any atom is -0.466 e. The van der Waals surface area contributed by atoms with Crippen LogP contribution < -0.4 is 15.0 Å². The Balaban J connectivity index is 1.30. The Morgan fingerprint density at radius 1 is 1.14 bits per heavy atom. The molecule has 1 atom stereocenters. The fourth-order valence-corrected chi connectivity index (χ4v) is 5.12. The first-order valence-corrected chi connectivity index (χ1v) is 12.4. The lowest BCUT2D eigenvalue weighted by atomic mass is 10.0. The van der Waals surface area contributed by atoms with Gasteiger partial charge in [0.15, 0.2) is 18.3 Å². The van der Waals surface area contributed by atoms with Crippen molar-refractivity contribution in [3.8, 4) is 17.0 Å². The van der Waals surface area contributed by atoms with Crippen molar-refractivity contribution in [2.75, 3.05) is 38.6 Å². The number of ether oxygens (including phenoxy) is 2. The third-order valence-corrected chi connectivity index (χ3v) is 7.23. The maximum atomic E-state index is 13.3. The molecule has 4 heterocycles. The highest BCUT2D eigenvalue weighted by molar-refractivity contribution is 5.89. The molecule has 1 aliphatic heterocycles. The van der Waals surface area contributed by atoms with Crippen LogP contribution in [0.1, 0.15) is 30.7 Å². The van der Waals surface area contributed by atoms with Gasteiger partial charge in [0.2, 0.25) is 0 Å². The molecule has 2 fully saturated rings. The number of alkyl halides is 1. The van der Waals surface area contributed by atoms with Crippen molar-refractivity contribution in [2.45, 2.75) is 44.7 Å². The number of hydrogen-bond donors (Lipinski definition) is 1. The fraction of sp³-hybridized carbons (Fsp3) is 0.444. The minimum absolute atomic E-state index is 0.118. The van der Waals surface area contributed by atoms with Crippen LogP contribution in [0.15, 0.2) is 34.7 Å². The number of rotatable bonds is 8. The molecule has 188 valence electrons. The van der Waals surface area contributed by atoms with Crippen molar-refractivity contribution in [1.82, 2.24) is 20.3 Å². The second-order valence-electron chi connectivity index (χ2n) is 9.90. The van der Waals surface area contributed by atoms with E-state index in [1.807, 2.05) is 44.2 Å². The van der Waals surface area contributed by atoms with E-state index in [-0.39, 0.29) is 19.0 Å². The van der Waals surface area contributed by atoms with Crippen LogP contribution in [0.3, 0.4) is 0 Å².